The minimum atomic E-state index is -0.752. The number of allylic oxidation sites excluding steroid dienone is 1. The highest BCUT2D eigenvalue weighted by molar-refractivity contribution is 7.18. The first-order chi connectivity index (χ1) is 13.0. The number of Topliss-reactive ketones (excluding diaryl/α,β-unsaturated/α-hetero) is 1. The van der Waals surface area contributed by atoms with Crippen molar-refractivity contribution in [3.8, 4) is 6.07 Å². The van der Waals surface area contributed by atoms with Crippen LogP contribution >= 0.6 is 11.3 Å². The summed E-state index contributed by atoms with van der Waals surface area (Å²) in [6.45, 7) is 0. The first kappa shape index (κ1) is 18.1. The van der Waals surface area contributed by atoms with Crippen LogP contribution in [0.5, 0.6) is 0 Å². The first-order valence-electron chi connectivity index (χ1n) is 9.61. The summed E-state index contributed by atoms with van der Waals surface area (Å²) in [6.07, 6.45) is 10.6. The van der Waals surface area contributed by atoms with Crippen LogP contribution < -0.4 is 0 Å². The number of nitriles is 1. The van der Waals surface area contributed by atoms with Crippen molar-refractivity contribution in [3.05, 3.63) is 34.2 Å². The van der Waals surface area contributed by atoms with Crippen LogP contribution in [0.2, 0.25) is 0 Å². The Bertz CT molecular complexity index is 968. The highest BCUT2D eigenvalue weighted by atomic mass is 32.1. The second kappa shape index (κ2) is 7.05. The lowest BCUT2D eigenvalue weighted by Gasteiger charge is -2.32. The summed E-state index contributed by atoms with van der Waals surface area (Å²) >= 11 is 1.76. The Kier molecular flexibility index (Phi) is 4.73. The first-order valence-corrected chi connectivity index (χ1v) is 10.4. The molecule has 0 spiro atoms. The summed E-state index contributed by atoms with van der Waals surface area (Å²) in [6, 6.07) is 2.56. The second-order valence-electron chi connectivity index (χ2n) is 7.88. The van der Waals surface area contributed by atoms with Crippen LogP contribution in [0, 0.1) is 11.3 Å². The fourth-order valence-corrected chi connectivity index (χ4v) is 5.64. The molecule has 2 aromatic rings. The van der Waals surface area contributed by atoms with E-state index >= 15 is 0 Å². The normalized spacial score (nSPS) is 24.5. The molecule has 0 radical (unpaired) electrons. The van der Waals surface area contributed by atoms with Crippen LogP contribution in [0.3, 0.4) is 0 Å². The molecule has 1 atom stereocenters. The average molecular weight is 381 g/mol. The molecule has 2 aliphatic carbocycles. The van der Waals surface area contributed by atoms with E-state index in [1.807, 2.05) is 25.2 Å². The monoisotopic (exact) mass is 380 g/mol. The SMILES string of the molecule is CN(C)/C=C1/CC(C#N)(c2ncnc3sc4c(c23)CCCCC4)CCC1=O. The van der Waals surface area contributed by atoms with Crippen LogP contribution in [0.4, 0.5) is 0 Å². The van der Waals surface area contributed by atoms with Gasteiger partial charge in [0, 0.05) is 49.0 Å². The summed E-state index contributed by atoms with van der Waals surface area (Å²) in [5, 5.41) is 11.3. The fraction of sp³-hybridized carbons (Fsp3) is 0.524. The van der Waals surface area contributed by atoms with Crippen molar-refractivity contribution >= 4 is 27.3 Å². The number of nitrogens with zero attached hydrogens (tertiary/aromatic N) is 4. The summed E-state index contributed by atoms with van der Waals surface area (Å²) in [7, 11) is 3.81. The molecule has 6 heteroatoms. The van der Waals surface area contributed by atoms with E-state index < -0.39 is 5.41 Å². The number of hydrogen-bond donors (Lipinski definition) is 0. The van der Waals surface area contributed by atoms with Gasteiger partial charge in [-0.05, 0) is 37.7 Å². The smallest absolute Gasteiger partial charge is 0.160 e. The van der Waals surface area contributed by atoms with Gasteiger partial charge in [0.05, 0.1) is 11.8 Å². The third-order valence-electron chi connectivity index (χ3n) is 5.71. The number of hydrogen-bond acceptors (Lipinski definition) is 6. The second-order valence-corrected chi connectivity index (χ2v) is 8.96. The maximum Gasteiger partial charge on any atom is 0.160 e. The number of carbonyl (C=O) groups is 1. The zero-order valence-corrected chi connectivity index (χ0v) is 16.7. The third-order valence-corrected chi connectivity index (χ3v) is 6.91. The number of aryl methyl sites for hydroxylation is 2. The predicted octanol–water partition coefficient (Wildman–Crippen LogP) is 3.92. The molecular weight excluding hydrogens is 356 g/mol. The van der Waals surface area contributed by atoms with Crippen LogP contribution in [0.1, 0.15) is 54.7 Å². The molecule has 0 amide bonds. The molecule has 140 valence electrons. The van der Waals surface area contributed by atoms with Gasteiger partial charge >= 0.3 is 0 Å². The van der Waals surface area contributed by atoms with E-state index in [0.717, 1.165) is 34.3 Å². The zero-order valence-electron chi connectivity index (χ0n) is 15.9. The largest absolute Gasteiger partial charge is 0.383 e. The van der Waals surface area contributed by atoms with Crippen molar-refractivity contribution in [1.82, 2.24) is 14.9 Å². The molecule has 1 saturated carbocycles. The summed E-state index contributed by atoms with van der Waals surface area (Å²) < 4.78 is 0. The topological polar surface area (TPSA) is 69.9 Å². The Balaban J connectivity index is 1.88. The number of aromatic nitrogens is 2. The van der Waals surface area contributed by atoms with Gasteiger partial charge in [0.15, 0.2) is 5.78 Å². The molecule has 1 fully saturated rings. The molecule has 0 aromatic carbocycles. The average Bonchev–Trinajstić information content (AvgIpc) is 2.85. The van der Waals surface area contributed by atoms with Crippen molar-refractivity contribution in [2.24, 2.45) is 0 Å². The Morgan fingerprint density at radius 2 is 2.04 bits per heavy atom. The molecule has 0 saturated heterocycles. The number of thiophene rings is 1. The van der Waals surface area contributed by atoms with E-state index in [1.165, 1.54) is 29.7 Å². The number of ketones is 1. The van der Waals surface area contributed by atoms with E-state index in [4.69, 9.17) is 0 Å². The molecule has 0 bridgehead atoms. The number of rotatable bonds is 2. The molecule has 0 N–H and O–H groups in total. The predicted molar refractivity (Wildman–Crippen MR) is 107 cm³/mol. The highest BCUT2D eigenvalue weighted by Crippen LogP contribution is 2.45. The van der Waals surface area contributed by atoms with E-state index in [-0.39, 0.29) is 5.78 Å². The van der Waals surface area contributed by atoms with Gasteiger partial charge in [-0.15, -0.1) is 11.3 Å². The summed E-state index contributed by atoms with van der Waals surface area (Å²) in [5.74, 6) is 0.143. The third kappa shape index (κ3) is 3.14. The quantitative estimate of drug-likeness (QED) is 0.583. The van der Waals surface area contributed by atoms with Crippen molar-refractivity contribution in [1.29, 1.82) is 5.26 Å². The molecule has 2 heterocycles. The number of fused-ring (bicyclic) bond motifs is 3. The van der Waals surface area contributed by atoms with Crippen molar-refractivity contribution in [3.63, 3.8) is 0 Å². The van der Waals surface area contributed by atoms with Gasteiger partial charge in [-0.2, -0.15) is 5.26 Å². The standard InChI is InChI=1S/C21H24N4OS/c1-25(2)11-14-10-21(12-22,9-8-16(14)26)19-18-15-6-4-3-5-7-17(15)27-20(18)24-13-23-19/h11,13H,3-10H2,1-2H3/b14-11-. The van der Waals surface area contributed by atoms with E-state index in [1.54, 1.807) is 17.7 Å². The lowest BCUT2D eigenvalue weighted by molar-refractivity contribution is -0.117. The van der Waals surface area contributed by atoms with Gasteiger partial charge in [-0.25, -0.2) is 9.97 Å². The molecule has 4 rings (SSSR count). The van der Waals surface area contributed by atoms with Gasteiger partial charge in [0.2, 0.25) is 0 Å². The Morgan fingerprint density at radius 3 is 2.81 bits per heavy atom. The summed E-state index contributed by atoms with van der Waals surface area (Å²) in [5.41, 5.74) is 2.16. The van der Waals surface area contributed by atoms with E-state index in [9.17, 15) is 10.1 Å². The van der Waals surface area contributed by atoms with E-state index in [0.29, 0.717) is 19.3 Å². The minimum Gasteiger partial charge on any atom is -0.383 e. The van der Waals surface area contributed by atoms with Crippen molar-refractivity contribution in [2.75, 3.05) is 14.1 Å². The van der Waals surface area contributed by atoms with Crippen molar-refractivity contribution in [2.45, 2.75) is 56.8 Å². The van der Waals surface area contributed by atoms with Crippen LogP contribution in [-0.2, 0) is 23.1 Å². The molecule has 5 nitrogen and oxygen atoms in total. The van der Waals surface area contributed by atoms with Crippen molar-refractivity contribution < 1.29 is 4.79 Å². The van der Waals surface area contributed by atoms with Crippen LogP contribution in [0.15, 0.2) is 18.1 Å². The maximum absolute atomic E-state index is 12.4. The number of carbonyl (C=O) groups excluding carboxylic acids is 1. The Hall–Kier alpha value is -2.26. The van der Waals surface area contributed by atoms with Gasteiger partial charge in [0.25, 0.3) is 0 Å². The lowest BCUT2D eigenvalue weighted by atomic mass is 9.69. The molecule has 0 aliphatic heterocycles. The fourth-order valence-electron chi connectivity index (χ4n) is 4.41. The van der Waals surface area contributed by atoms with Crippen LogP contribution in [-0.4, -0.2) is 34.7 Å². The highest BCUT2D eigenvalue weighted by Gasteiger charge is 2.42. The van der Waals surface area contributed by atoms with Gasteiger partial charge in [-0.1, -0.05) is 6.42 Å². The molecule has 2 aliphatic rings. The van der Waals surface area contributed by atoms with Gasteiger partial charge in [0.1, 0.15) is 16.6 Å². The molecule has 27 heavy (non-hydrogen) atoms. The summed E-state index contributed by atoms with van der Waals surface area (Å²) in [4.78, 5) is 25.9. The molecule has 1 unspecified atom stereocenters. The van der Waals surface area contributed by atoms with Crippen LogP contribution in [0.25, 0.3) is 10.2 Å². The van der Waals surface area contributed by atoms with Gasteiger partial charge < -0.3 is 4.90 Å². The Labute approximate surface area is 163 Å². The minimum absolute atomic E-state index is 0.143. The van der Waals surface area contributed by atoms with E-state index in [2.05, 4.69) is 16.0 Å². The maximum atomic E-state index is 12.4. The zero-order chi connectivity index (χ0) is 19.0. The van der Waals surface area contributed by atoms with Gasteiger partial charge in [-0.3, -0.25) is 4.79 Å². The molecule has 2 aromatic heterocycles. The Morgan fingerprint density at radius 1 is 1.22 bits per heavy atom. The lowest BCUT2D eigenvalue weighted by Crippen LogP contribution is -2.34. The molecular formula is C21H24N4OS.